The lowest BCUT2D eigenvalue weighted by molar-refractivity contribution is -0.113. The molecule has 2 heterocycles. The monoisotopic (exact) mass is 556 g/mol. The number of hydrogen-bond acceptors (Lipinski definition) is 8. The Labute approximate surface area is 232 Å². The third-order valence-corrected chi connectivity index (χ3v) is 8.74. The maximum absolute atomic E-state index is 12.9. The molecule has 1 aliphatic rings. The van der Waals surface area contributed by atoms with Crippen molar-refractivity contribution in [1.82, 2.24) is 14.8 Å². The van der Waals surface area contributed by atoms with E-state index in [4.69, 9.17) is 9.47 Å². The lowest BCUT2D eigenvalue weighted by Gasteiger charge is -2.18. The number of benzene rings is 1. The summed E-state index contributed by atoms with van der Waals surface area (Å²) < 4.78 is 13.2. The number of fused-ring (bicyclic) bond motifs is 1. The Balaban J connectivity index is 1.39. The Bertz CT molecular complexity index is 1270. The van der Waals surface area contributed by atoms with Gasteiger partial charge in [-0.2, -0.15) is 0 Å². The molecular formula is C28H36N4O4S2. The first-order valence-electron chi connectivity index (χ1n) is 13.2. The standard InChI is InChI=1S/C28H36N4O4S2/c1-6-32-23(15-36-20-11-9-19(10-12-20)17(3)4)30-31-28(32)37-16-24(33)29-26-25(27(34)35-7-2)21-13-8-18(5)14-22(21)38-26/h9-12,17-18H,6-8,13-16H2,1-5H3,(H,29,33). The van der Waals surface area contributed by atoms with Crippen LogP contribution < -0.4 is 10.1 Å². The Morgan fingerprint density at radius 2 is 1.97 bits per heavy atom. The molecular weight excluding hydrogens is 520 g/mol. The van der Waals surface area contributed by atoms with E-state index < -0.39 is 0 Å². The zero-order chi connectivity index (χ0) is 27.2. The van der Waals surface area contributed by atoms with Crippen molar-refractivity contribution in [3.8, 4) is 5.75 Å². The molecule has 10 heteroatoms. The second-order valence-electron chi connectivity index (χ2n) is 9.77. The summed E-state index contributed by atoms with van der Waals surface area (Å²) in [6, 6.07) is 8.08. The topological polar surface area (TPSA) is 95.3 Å². The molecule has 4 rings (SSSR count). The molecule has 1 aliphatic carbocycles. The number of esters is 1. The Kier molecular flexibility index (Phi) is 9.49. The van der Waals surface area contributed by atoms with Gasteiger partial charge in [0, 0.05) is 11.4 Å². The van der Waals surface area contributed by atoms with Crippen LogP contribution in [-0.4, -0.2) is 39.0 Å². The summed E-state index contributed by atoms with van der Waals surface area (Å²) in [6.45, 7) is 11.6. The van der Waals surface area contributed by atoms with Gasteiger partial charge in [-0.25, -0.2) is 4.79 Å². The lowest BCUT2D eigenvalue weighted by Crippen LogP contribution is -2.18. The van der Waals surface area contributed by atoms with Crippen molar-refractivity contribution in [3.05, 3.63) is 51.7 Å². The number of thiophene rings is 1. The average molecular weight is 557 g/mol. The maximum atomic E-state index is 12.9. The fourth-order valence-corrected chi connectivity index (χ4v) is 6.73. The average Bonchev–Trinajstić information content (AvgIpc) is 3.46. The quantitative estimate of drug-likeness (QED) is 0.225. The van der Waals surface area contributed by atoms with Crippen molar-refractivity contribution >= 4 is 40.0 Å². The number of thioether (sulfide) groups is 1. The summed E-state index contributed by atoms with van der Waals surface area (Å²) in [5.41, 5.74) is 2.82. The van der Waals surface area contributed by atoms with E-state index in [0.29, 0.717) is 46.5 Å². The summed E-state index contributed by atoms with van der Waals surface area (Å²) >= 11 is 2.81. The SMILES string of the molecule is CCOC(=O)c1c(NC(=O)CSc2nnc(COc3ccc(C(C)C)cc3)n2CC)sc2c1CCC(C)C2. The first-order chi connectivity index (χ1) is 18.3. The van der Waals surface area contributed by atoms with Crippen LogP contribution in [0, 0.1) is 5.92 Å². The molecule has 1 atom stereocenters. The normalized spacial score (nSPS) is 14.8. The minimum atomic E-state index is -0.364. The van der Waals surface area contributed by atoms with Gasteiger partial charge in [-0.15, -0.1) is 21.5 Å². The van der Waals surface area contributed by atoms with Crippen molar-refractivity contribution in [2.45, 2.75) is 78.1 Å². The van der Waals surface area contributed by atoms with Gasteiger partial charge in [-0.05, 0) is 68.2 Å². The molecule has 204 valence electrons. The van der Waals surface area contributed by atoms with Crippen molar-refractivity contribution in [2.75, 3.05) is 17.7 Å². The smallest absolute Gasteiger partial charge is 0.341 e. The van der Waals surface area contributed by atoms with Crippen LogP contribution in [0.5, 0.6) is 5.75 Å². The van der Waals surface area contributed by atoms with E-state index in [0.717, 1.165) is 30.6 Å². The van der Waals surface area contributed by atoms with Crippen LogP contribution in [0.15, 0.2) is 29.4 Å². The van der Waals surface area contributed by atoms with E-state index >= 15 is 0 Å². The number of aromatic nitrogens is 3. The molecule has 38 heavy (non-hydrogen) atoms. The van der Waals surface area contributed by atoms with Gasteiger partial charge in [0.2, 0.25) is 5.91 Å². The van der Waals surface area contributed by atoms with E-state index in [1.165, 1.54) is 33.5 Å². The third-order valence-electron chi connectivity index (χ3n) is 6.60. The van der Waals surface area contributed by atoms with Crippen molar-refractivity contribution in [1.29, 1.82) is 0 Å². The fraction of sp³-hybridized carbons (Fsp3) is 0.500. The first kappa shape index (κ1) is 28.2. The van der Waals surface area contributed by atoms with Crippen molar-refractivity contribution in [2.24, 2.45) is 5.92 Å². The Morgan fingerprint density at radius 1 is 1.21 bits per heavy atom. The van der Waals surface area contributed by atoms with Crippen LogP contribution in [0.4, 0.5) is 5.00 Å². The van der Waals surface area contributed by atoms with Crippen LogP contribution >= 0.6 is 23.1 Å². The van der Waals surface area contributed by atoms with Gasteiger partial charge in [0.05, 0.1) is 17.9 Å². The molecule has 1 amide bonds. The zero-order valence-corrected chi connectivity index (χ0v) is 24.3. The number of amides is 1. The highest BCUT2D eigenvalue weighted by Gasteiger charge is 2.29. The molecule has 0 spiro atoms. The number of rotatable bonds is 11. The molecule has 0 saturated carbocycles. The molecule has 0 fully saturated rings. The molecule has 0 bridgehead atoms. The van der Waals surface area contributed by atoms with E-state index in [1.54, 1.807) is 6.92 Å². The van der Waals surface area contributed by atoms with Gasteiger partial charge in [0.25, 0.3) is 0 Å². The maximum Gasteiger partial charge on any atom is 0.341 e. The highest BCUT2D eigenvalue weighted by atomic mass is 32.2. The van der Waals surface area contributed by atoms with Gasteiger partial charge in [-0.1, -0.05) is 44.7 Å². The minimum Gasteiger partial charge on any atom is -0.486 e. The second-order valence-corrected chi connectivity index (χ2v) is 11.8. The van der Waals surface area contributed by atoms with Gasteiger partial charge in [0.15, 0.2) is 11.0 Å². The largest absolute Gasteiger partial charge is 0.486 e. The number of nitrogens with zero attached hydrogens (tertiary/aromatic N) is 3. The molecule has 2 aromatic heterocycles. The number of anilines is 1. The van der Waals surface area contributed by atoms with Gasteiger partial charge in [-0.3, -0.25) is 4.79 Å². The van der Waals surface area contributed by atoms with Crippen LogP contribution in [-0.2, 0) is 35.5 Å². The van der Waals surface area contributed by atoms with Crippen LogP contribution in [0.1, 0.15) is 79.1 Å². The lowest BCUT2D eigenvalue weighted by atomic mass is 9.88. The Hall–Kier alpha value is -2.85. The van der Waals surface area contributed by atoms with Crippen LogP contribution in [0.3, 0.4) is 0 Å². The van der Waals surface area contributed by atoms with Gasteiger partial charge >= 0.3 is 5.97 Å². The summed E-state index contributed by atoms with van der Waals surface area (Å²) in [5, 5.41) is 12.8. The van der Waals surface area contributed by atoms with Crippen molar-refractivity contribution < 1.29 is 19.1 Å². The van der Waals surface area contributed by atoms with Gasteiger partial charge in [0.1, 0.15) is 17.4 Å². The molecule has 0 saturated heterocycles. The zero-order valence-electron chi connectivity index (χ0n) is 22.7. The molecule has 1 N–H and O–H groups in total. The highest BCUT2D eigenvalue weighted by Crippen LogP contribution is 2.40. The minimum absolute atomic E-state index is 0.150. The highest BCUT2D eigenvalue weighted by molar-refractivity contribution is 7.99. The molecule has 1 unspecified atom stereocenters. The van der Waals surface area contributed by atoms with E-state index in [2.05, 4.69) is 48.4 Å². The van der Waals surface area contributed by atoms with Crippen LogP contribution in [0.2, 0.25) is 0 Å². The number of ether oxygens (including phenoxy) is 2. The molecule has 0 aliphatic heterocycles. The molecule has 3 aromatic rings. The second kappa shape index (κ2) is 12.8. The number of carbonyl (C=O) groups excluding carboxylic acids is 2. The fourth-order valence-electron chi connectivity index (χ4n) is 4.50. The predicted molar refractivity (Wildman–Crippen MR) is 151 cm³/mol. The van der Waals surface area contributed by atoms with E-state index in [9.17, 15) is 9.59 Å². The summed E-state index contributed by atoms with van der Waals surface area (Å²) in [4.78, 5) is 26.8. The number of hydrogen-bond donors (Lipinski definition) is 1. The van der Waals surface area contributed by atoms with Gasteiger partial charge < -0.3 is 19.4 Å². The van der Waals surface area contributed by atoms with E-state index in [1.807, 2.05) is 23.6 Å². The predicted octanol–water partition coefficient (Wildman–Crippen LogP) is 6.09. The summed E-state index contributed by atoms with van der Waals surface area (Å²) in [5.74, 6) is 2.10. The number of nitrogens with one attached hydrogen (secondary N) is 1. The van der Waals surface area contributed by atoms with Crippen LogP contribution in [0.25, 0.3) is 0 Å². The first-order valence-corrected chi connectivity index (χ1v) is 15.0. The molecule has 1 aromatic carbocycles. The summed E-state index contributed by atoms with van der Waals surface area (Å²) in [7, 11) is 0. The van der Waals surface area contributed by atoms with Crippen molar-refractivity contribution in [3.63, 3.8) is 0 Å². The number of carbonyl (C=O) groups is 2. The Morgan fingerprint density at radius 3 is 2.66 bits per heavy atom. The van der Waals surface area contributed by atoms with E-state index in [-0.39, 0.29) is 24.2 Å². The molecule has 0 radical (unpaired) electrons. The summed E-state index contributed by atoms with van der Waals surface area (Å²) in [6.07, 6.45) is 2.78. The third kappa shape index (κ3) is 6.58. The molecule has 8 nitrogen and oxygen atoms in total.